The van der Waals surface area contributed by atoms with Crippen molar-refractivity contribution in [1.82, 2.24) is 30.2 Å². The van der Waals surface area contributed by atoms with Gasteiger partial charge in [-0.25, -0.2) is 13.9 Å². The van der Waals surface area contributed by atoms with Gasteiger partial charge < -0.3 is 20.5 Å². The molecule has 3 aliphatic rings. The molecule has 0 saturated heterocycles. The number of fused-ring (bicyclic) bond motifs is 4. The molecule has 12 heteroatoms. The molecule has 2 aromatic heterocycles. The van der Waals surface area contributed by atoms with Crippen LogP contribution < -0.4 is 15.4 Å². The molecule has 2 amide bonds. The second-order valence-electron chi connectivity index (χ2n) is 9.71. The number of hydrogen-bond acceptors (Lipinski definition) is 7. The van der Waals surface area contributed by atoms with Crippen LogP contribution in [0.25, 0.3) is 5.78 Å². The lowest BCUT2D eigenvalue weighted by Crippen LogP contribution is -2.70. The van der Waals surface area contributed by atoms with E-state index in [9.17, 15) is 19.1 Å². The Morgan fingerprint density at radius 3 is 2.64 bits per heavy atom. The molecule has 3 fully saturated rings. The molecule has 10 nitrogen and oxygen atoms in total. The lowest BCUT2D eigenvalue weighted by molar-refractivity contribution is -0.132. The molecule has 190 valence electrons. The molecular weight excluding hydrogens is 491 g/mol. The van der Waals surface area contributed by atoms with Crippen LogP contribution in [-0.2, 0) is 4.79 Å². The molecule has 3 saturated carbocycles. The van der Waals surface area contributed by atoms with Gasteiger partial charge in [0.2, 0.25) is 5.82 Å². The van der Waals surface area contributed by atoms with Crippen LogP contribution in [0.15, 0.2) is 24.3 Å². The summed E-state index contributed by atoms with van der Waals surface area (Å²) < 4.78 is 20.5. The van der Waals surface area contributed by atoms with Crippen LogP contribution in [0, 0.1) is 19.7 Å². The Morgan fingerprint density at radius 2 is 1.94 bits per heavy atom. The van der Waals surface area contributed by atoms with Crippen LogP contribution in [0.2, 0.25) is 5.02 Å². The van der Waals surface area contributed by atoms with Crippen molar-refractivity contribution in [2.75, 3.05) is 6.61 Å². The molecule has 2 bridgehead atoms. The predicted octanol–water partition coefficient (Wildman–Crippen LogP) is 2.27. The summed E-state index contributed by atoms with van der Waals surface area (Å²) in [5, 5.41) is 21.2. The molecule has 0 radical (unpaired) electrons. The quantitative estimate of drug-likeness (QED) is 0.458. The number of aryl methyl sites for hydroxylation is 2. The average molecular weight is 517 g/mol. The van der Waals surface area contributed by atoms with E-state index in [2.05, 4.69) is 25.7 Å². The largest absolute Gasteiger partial charge is 0.484 e. The van der Waals surface area contributed by atoms with Gasteiger partial charge in [0.15, 0.2) is 6.61 Å². The van der Waals surface area contributed by atoms with Gasteiger partial charge in [-0.05, 0) is 64.2 Å². The van der Waals surface area contributed by atoms with Crippen LogP contribution in [0.4, 0.5) is 4.39 Å². The van der Waals surface area contributed by atoms with E-state index >= 15 is 0 Å². The van der Waals surface area contributed by atoms with Crippen LogP contribution in [0.5, 0.6) is 5.75 Å². The fourth-order valence-electron chi connectivity index (χ4n) is 5.25. The summed E-state index contributed by atoms with van der Waals surface area (Å²) in [6, 6.07) is 5.79. The number of aromatic nitrogens is 4. The summed E-state index contributed by atoms with van der Waals surface area (Å²) in [5.41, 5.74) is 0.178. The lowest BCUT2D eigenvalue weighted by Gasteiger charge is -2.56. The van der Waals surface area contributed by atoms with Gasteiger partial charge in [0.05, 0.1) is 16.7 Å². The van der Waals surface area contributed by atoms with E-state index in [-0.39, 0.29) is 29.6 Å². The van der Waals surface area contributed by atoms with Crippen molar-refractivity contribution in [3.63, 3.8) is 0 Å². The van der Waals surface area contributed by atoms with E-state index in [1.54, 1.807) is 0 Å². The maximum absolute atomic E-state index is 13.6. The molecule has 3 aromatic rings. The number of rotatable bonds is 6. The number of benzene rings is 1. The Bertz CT molecular complexity index is 1350. The van der Waals surface area contributed by atoms with Crippen molar-refractivity contribution in [2.45, 2.75) is 63.1 Å². The van der Waals surface area contributed by atoms with Crippen molar-refractivity contribution in [3.05, 3.63) is 52.3 Å². The van der Waals surface area contributed by atoms with E-state index in [4.69, 9.17) is 16.3 Å². The number of amides is 2. The molecule has 6 rings (SSSR count). The average Bonchev–Trinajstić information content (AvgIpc) is 3.26. The first kappa shape index (κ1) is 24.4. The minimum absolute atomic E-state index is 0.0200. The van der Waals surface area contributed by atoms with Gasteiger partial charge in [-0.3, -0.25) is 9.59 Å². The molecule has 2 heterocycles. The highest BCUT2D eigenvalue weighted by molar-refractivity contribution is 6.30. The minimum atomic E-state index is -0.863. The molecule has 1 aromatic carbocycles. The van der Waals surface area contributed by atoms with Gasteiger partial charge in [-0.15, -0.1) is 5.10 Å². The fourth-order valence-corrected chi connectivity index (χ4v) is 5.37. The van der Waals surface area contributed by atoms with E-state index in [1.807, 2.05) is 19.9 Å². The molecular formula is C24H26ClFN6O4. The van der Waals surface area contributed by atoms with E-state index in [0.29, 0.717) is 31.5 Å². The Kier molecular flexibility index (Phi) is 6.08. The summed E-state index contributed by atoms with van der Waals surface area (Å²) in [4.78, 5) is 34.2. The van der Waals surface area contributed by atoms with Crippen molar-refractivity contribution in [2.24, 2.45) is 0 Å². The maximum Gasteiger partial charge on any atom is 0.291 e. The lowest BCUT2D eigenvalue weighted by atomic mass is 9.60. The SMILES string of the molecule is Cc1cc(C)n2nc(C(=O)NC34CCC(NC(=O)COc5ccc(Cl)c(F)c5)(CC3)C(O)C4)nc2n1. The topological polar surface area (TPSA) is 131 Å². The van der Waals surface area contributed by atoms with Gasteiger partial charge in [0, 0.05) is 23.0 Å². The van der Waals surface area contributed by atoms with Crippen LogP contribution in [-0.4, -0.2) is 60.3 Å². The third-order valence-electron chi connectivity index (χ3n) is 7.17. The fraction of sp³-hybridized carbons (Fsp3) is 0.458. The van der Waals surface area contributed by atoms with E-state index in [1.165, 1.54) is 16.6 Å². The number of hydrogen-bond donors (Lipinski definition) is 3. The molecule has 1 unspecified atom stereocenters. The van der Waals surface area contributed by atoms with Gasteiger partial charge in [-0.1, -0.05) is 11.6 Å². The summed E-state index contributed by atoms with van der Waals surface area (Å²) in [5.74, 6) is -0.928. The summed E-state index contributed by atoms with van der Waals surface area (Å²) in [6.07, 6.45) is 1.53. The first-order chi connectivity index (χ1) is 17.1. The highest BCUT2D eigenvalue weighted by Gasteiger charge is 2.55. The third-order valence-corrected chi connectivity index (χ3v) is 7.48. The second-order valence-corrected chi connectivity index (χ2v) is 10.1. The first-order valence-electron chi connectivity index (χ1n) is 11.7. The standard InChI is InChI=1S/C24H26ClFN6O4/c1-13-9-14(2)32-22(27-13)28-20(31-32)21(35)30-23-5-7-24(8-6-23,18(33)11-23)29-19(34)12-36-15-3-4-16(25)17(26)10-15/h3-4,9-10,18,33H,5-8,11-12H2,1-2H3,(H,29,34)(H,30,35). The van der Waals surface area contributed by atoms with E-state index < -0.39 is 34.8 Å². The number of ether oxygens (including phenoxy) is 1. The zero-order chi connectivity index (χ0) is 25.7. The van der Waals surface area contributed by atoms with Crippen molar-refractivity contribution >= 4 is 29.2 Å². The molecule has 1 atom stereocenters. The number of nitrogens with one attached hydrogen (secondary N) is 2. The normalized spacial score (nSPS) is 25.1. The van der Waals surface area contributed by atoms with Crippen molar-refractivity contribution in [1.29, 1.82) is 0 Å². The highest BCUT2D eigenvalue weighted by Crippen LogP contribution is 2.47. The molecule has 0 aliphatic heterocycles. The Hall–Kier alpha value is -3.31. The van der Waals surface area contributed by atoms with E-state index in [0.717, 1.165) is 17.5 Å². The van der Waals surface area contributed by atoms with Crippen molar-refractivity contribution in [3.8, 4) is 5.75 Å². The van der Waals surface area contributed by atoms with Crippen molar-refractivity contribution < 1.29 is 23.8 Å². The first-order valence-corrected chi connectivity index (χ1v) is 12.1. The van der Waals surface area contributed by atoms with Crippen LogP contribution >= 0.6 is 11.6 Å². The van der Waals surface area contributed by atoms with Gasteiger partial charge >= 0.3 is 0 Å². The minimum Gasteiger partial charge on any atom is -0.484 e. The number of aliphatic hydroxyl groups excluding tert-OH is 1. The number of aliphatic hydroxyl groups is 1. The Labute approximate surface area is 211 Å². The van der Waals surface area contributed by atoms with Gasteiger partial charge in [-0.2, -0.15) is 4.98 Å². The summed E-state index contributed by atoms with van der Waals surface area (Å²) >= 11 is 5.66. The van der Waals surface area contributed by atoms with Gasteiger partial charge in [0.1, 0.15) is 11.6 Å². The molecule has 36 heavy (non-hydrogen) atoms. The maximum atomic E-state index is 13.6. The summed E-state index contributed by atoms with van der Waals surface area (Å²) in [7, 11) is 0. The molecule has 3 N–H and O–H groups in total. The smallest absolute Gasteiger partial charge is 0.291 e. The number of carbonyl (C=O) groups excluding carboxylic acids is 2. The monoisotopic (exact) mass is 516 g/mol. The molecule has 3 aliphatic carbocycles. The van der Waals surface area contributed by atoms with Crippen LogP contribution in [0.1, 0.15) is 54.1 Å². The number of nitrogens with zero attached hydrogens (tertiary/aromatic N) is 4. The number of halogens is 2. The molecule has 0 spiro atoms. The van der Waals surface area contributed by atoms with Gasteiger partial charge in [0.25, 0.3) is 17.6 Å². The zero-order valence-corrected chi connectivity index (χ0v) is 20.6. The highest BCUT2D eigenvalue weighted by atomic mass is 35.5. The third kappa shape index (κ3) is 4.48. The Balaban J connectivity index is 1.21. The van der Waals surface area contributed by atoms with Crippen LogP contribution in [0.3, 0.4) is 0 Å². The second kappa shape index (κ2) is 8.97. The summed E-state index contributed by atoms with van der Waals surface area (Å²) in [6.45, 7) is 3.38. The zero-order valence-electron chi connectivity index (χ0n) is 19.8. The Morgan fingerprint density at radius 1 is 1.19 bits per heavy atom. The predicted molar refractivity (Wildman–Crippen MR) is 127 cm³/mol. The number of carbonyl (C=O) groups is 2.